The van der Waals surface area contributed by atoms with Crippen molar-refractivity contribution in [3.63, 3.8) is 0 Å². The molecule has 2 aromatic rings. The van der Waals surface area contributed by atoms with Gasteiger partial charge in [0.25, 0.3) is 0 Å². The lowest BCUT2D eigenvalue weighted by Gasteiger charge is -2.28. The van der Waals surface area contributed by atoms with Crippen molar-refractivity contribution in [3.8, 4) is 0 Å². The highest BCUT2D eigenvalue weighted by Crippen LogP contribution is 2.56. The third kappa shape index (κ3) is 7.15. The van der Waals surface area contributed by atoms with E-state index in [0.717, 1.165) is 39.8 Å². The topological polar surface area (TPSA) is 51.2 Å². The van der Waals surface area contributed by atoms with Gasteiger partial charge in [-0.2, -0.15) is 0 Å². The molecule has 0 aliphatic carbocycles. The Kier molecular flexibility index (Phi) is 9.23. The van der Waals surface area contributed by atoms with Gasteiger partial charge in [0.05, 0.1) is 0 Å². The summed E-state index contributed by atoms with van der Waals surface area (Å²) < 4.78 is 15.0. The van der Waals surface area contributed by atoms with Crippen LogP contribution in [0, 0.1) is 39.0 Å². The maximum absolute atomic E-state index is 15.0. The van der Waals surface area contributed by atoms with E-state index in [2.05, 4.69) is 62.3 Å². The molecule has 0 radical (unpaired) electrons. The lowest BCUT2D eigenvalue weighted by Crippen LogP contribution is -2.23. The van der Waals surface area contributed by atoms with Crippen LogP contribution in [0.4, 0.5) is 0 Å². The van der Waals surface area contributed by atoms with Crippen LogP contribution in [0.15, 0.2) is 24.3 Å². The summed E-state index contributed by atoms with van der Waals surface area (Å²) in [6, 6.07) is 8.06. The van der Waals surface area contributed by atoms with Crippen molar-refractivity contribution in [1.29, 1.82) is 0 Å². The molecule has 3 nitrogen and oxygen atoms in total. The number of carbonyl (C=O) groups excluding carboxylic acids is 2. The third-order valence-corrected chi connectivity index (χ3v) is 10.3. The number of hydrogen-bond donors (Lipinski definition) is 0. The zero-order valence-corrected chi connectivity index (χ0v) is 27.4. The molecule has 0 spiro atoms. The molecule has 0 heterocycles. The molecule has 2 aromatic carbocycles. The number of carbonyl (C=O) groups is 2. The minimum Gasteiger partial charge on any atom is -0.307 e. The van der Waals surface area contributed by atoms with Crippen molar-refractivity contribution in [2.75, 3.05) is 6.16 Å². The largest absolute Gasteiger partial charge is 0.307 e. The van der Waals surface area contributed by atoms with E-state index in [9.17, 15) is 14.2 Å². The Hall–Kier alpha value is -1.99. The molecule has 2 rings (SSSR count). The fraction of sp³-hybridized carbons (Fsp3) is 0.588. The summed E-state index contributed by atoms with van der Waals surface area (Å²) in [5, 5.41) is 0. The first kappa shape index (κ1) is 32.2. The lowest BCUT2D eigenvalue weighted by atomic mass is 9.84. The zero-order chi connectivity index (χ0) is 29.6. The van der Waals surface area contributed by atoms with Crippen molar-refractivity contribution in [2.45, 2.75) is 114 Å². The molecule has 0 aliphatic heterocycles. The van der Waals surface area contributed by atoms with Crippen LogP contribution in [-0.2, 0) is 15.4 Å². The van der Waals surface area contributed by atoms with E-state index in [1.165, 1.54) is 0 Å². The molecular formula is C34H51O3P. The molecule has 0 aromatic heterocycles. The molecule has 1 atom stereocenters. The van der Waals surface area contributed by atoms with E-state index in [0.29, 0.717) is 11.1 Å². The van der Waals surface area contributed by atoms with E-state index >= 15 is 0 Å². The lowest BCUT2D eigenvalue weighted by molar-refractivity contribution is 0.103. The van der Waals surface area contributed by atoms with E-state index < -0.39 is 18.2 Å². The Balaban J connectivity index is 2.76. The van der Waals surface area contributed by atoms with E-state index in [-0.39, 0.29) is 28.3 Å². The van der Waals surface area contributed by atoms with Crippen molar-refractivity contribution >= 4 is 18.2 Å². The highest BCUT2D eigenvalue weighted by atomic mass is 31.2. The van der Waals surface area contributed by atoms with Gasteiger partial charge in [-0.05, 0) is 89.7 Å². The van der Waals surface area contributed by atoms with Gasteiger partial charge in [0.15, 0.2) is 0 Å². The summed E-state index contributed by atoms with van der Waals surface area (Å²) in [5.41, 5.74) is 5.13. The van der Waals surface area contributed by atoms with E-state index in [1.807, 2.05) is 58.9 Å². The second kappa shape index (κ2) is 10.9. The van der Waals surface area contributed by atoms with Gasteiger partial charge in [0.2, 0.25) is 18.2 Å². The Morgan fingerprint density at radius 1 is 0.658 bits per heavy atom. The highest BCUT2D eigenvalue weighted by Gasteiger charge is 2.44. The van der Waals surface area contributed by atoms with Crippen LogP contribution in [0.2, 0.25) is 0 Å². The van der Waals surface area contributed by atoms with Crippen LogP contribution in [-0.4, -0.2) is 17.2 Å². The molecule has 0 bridgehead atoms. The average Bonchev–Trinajstić information content (AvgIpc) is 2.69. The maximum Gasteiger partial charge on any atom is 0.229 e. The van der Waals surface area contributed by atoms with Gasteiger partial charge in [0.1, 0.15) is 0 Å². The summed E-state index contributed by atoms with van der Waals surface area (Å²) in [7, 11) is -3.98. The number of hydrogen-bond acceptors (Lipinski definition) is 3. The number of benzene rings is 2. The summed E-state index contributed by atoms with van der Waals surface area (Å²) in [6.07, 6.45) is 0.862. The van der Waals surface area contributed by atoms with Gasteiger partial charge in [0, 0.05) is 17.3 Å². The van der Waals surface area contributed by atoms with Gasteiger partial charge in [-0.15, -0.1) is 0 Å². The Labute approximate surface area is 232 Å². The maximum atomic E-state index is 15.0. The monoisotopic (exact) mass is 538 g/mol. The first-order valence-electron chi connectivity index (χ1n) is 13.9. The summed E-state index contributed by atoms with van der Waals surface area (Å²) in [6.45, 7) is 28.8. The van der Waals surface area contributed by atoms with Gasteiger partial charge in [-0.1, -0.05) is 93.5 Å². The number of aryl methyl sites for hydroxylation is 4. The second-order valence-corrected chi connectivity index (χ2v) is 17.5. The van der Waals surface area contributed by atoms with E-state index in [4.69, 9.17) is 0 Å². The van der Waals surface area contributed by atoms with Crippen LogP contribution >= 0.6 is 7.14 Å². The molecule has 0 saturated carbocycles. The minimum atomic E-state index is -3.98. The summed E-state index contributed by atoms with van der Waals surface area (Å²) in [5.74, 6) is -0.0438. The van der Waals surface area contributed by atoms with E-state index in [1.54, 1.807) is 0 Å². The fourth-order valence-electron chi connectivity index (χ4n) is 5.64. The minimum absolute atomic E-state index is 0.00325. The molecule has 0 aliphatic rings. The first-order chi connectivity index (χ1) is 17.0. The highest BCUT2D eigenvalue weighted by molar-refractivity contribution is 7.95. The molecule has 4 heteroatoms. The summed E-state index contributed by atoms with van der Waals surface area (Å²) in [4.78, 5) is 28.7. The molecule has 38 heavy (non-hydrogen) atoms. The second-order valence-electron chi connectivity index (χ2n) is 14.9. The molecule has 0 fully saturated rings. The third-order valence-electron chi connectivity index (χ3n) is 7.41. The van der Waals surface area contributed by atoms with Crippen molar-refractivity contribution in [3.05, 3.63) is 68.8 Å². The van der Waals surface area contributed by atoms with Gasteiger partial charge in [-0.3, -0.25) is 9.59 Å². The predicted molar refractivity (Wildman–Crippen MR) is 164 cm³/mol. The van der Waals surface area contributed by atoms with Crippen LogP contribution in [0.5, 0.6) is 0 Å². The van der Waals surface area contributed by atoms with Crippen molar-refractivity contribution in [1.82, 2.24) is 0 Å². The first-order valence-corrected chi connectivity index (χ1v) is 15.8. The molecular weight excluding hydrogens is 487 g/mol. The van der Waals surface area contributed by atoms with Gasteiger partial charge >= 0.3 is 0 Å². The molecule has 210 valence electrons. The SMILES string of the molecule is Cc1cc(C(C)(C)C)cc(C)c1C(=O)P(=O)(CC(C)CC(C)(C)C)C(=O)c1c(C)cc(C(C)(C)C)cc1C. The summed E-state index contributed by atoms with van der Waals surface area (Å²) >= 11 is 0. The van der Waals surface area contributed by atoms with Gasteiger partial charge in [-0.25, -0.2) is 0 Å². The number of rotatable bonds is 7. The molecule has 1 unspecified atom stereocenters. The smallest absolute Gasteiger partial charge is 0.229 e. The Morgan fingerprint density at radius 2 is 0.947 bits per heavy atom. The fourth-order valence-corrected chi connectivity index (χ4v) is 8.59. The molecule has 0 saturated heterocycles. The van der Waals surface area contributed by atoms with Gasteiger partial charge < -0.3 is 4.57 Å². The quantitative estimate of drug-likeness (QED) is 0.330. The van der Waals surface area contributed by atoms with Crippen LogP contribution in [0.25, 0.3) is 0 Å². The molecule has 0 N–H and O–H groups in total. The van der Waals surface area contributed by atoms with Crippen LogP contribution in [0.1, 0.15) is 130 Å². The Morgan fingerprint density at radius 3 is 1.18 bits per heavy atom. The van der Waals surface area contributed by atoms with Crippen LogP contribution < -0.4 is 0 Å². The Bertz CT molecular complexity index is 1140. The average molecular weight is 539 g/mol. The normalized spacial score (nSPS) is 13.9. The van der Waals surface area contributed by atoms with Crippen LogP contribution in [0.3, 0.4) is 0 Å². The predicted octanol–water partition coefficient (Wildman–Crippen LogP) is 9.93. The zero-order valence-electron chi connectivity index (χ0n) is 26.5. The van der Waals surface area contributed by atoms with Crippen molar-refractivity contribution < 1.29 is 14.2 Å². The standard InChI is InChI=1S/C34H51O3P/c1-21(19-32(6,7)8)20-38(37,30(35)28-22(2)15-26(16-23(28)3)33(9,10)11)31(36)29-24(4)17-27(18-25(29)5)34(12,13)14/h15-18,21H,19-20H2,1-14H3. The van der Waals surface area contributed by atoms with Crippen molar-refractivity contribution in [2.24, 2.45) is 11.3 Å². The molecule has 0 amide bonds.